The summed E-state index contributed by atoms with van der Waals surface area (Å²) in [7, 11) is 0. The van der Waals surface area contributed by atoms with Gasteiger partial charge in [-0.05, 0) is 12.8 Å². The minimum atomic E-state index is -0.302. The van der Waals surface area contributed by atoms with Crippen molar-refractivity contribution in [2.45, 2.75) is 38.6 Å². The SMILES string of the molecule is CC1(C(=O)Cc2cncs2)CCCC1N. The molecule has 1 saturated carbocycles. The molecule has 82 valence electrons. The van der Waals surface area contributed by atoms with Crippen LogP contribution in [0.2, 0.25) is 0 Å². The van der Waals surface area contributed by atoms with E-state index in [0.717, 1.165) is 24.1 Å². The van der Waals surface area contributed by atoms with E-state index in [9.17, 15) is 4.79 Å². The quantitative estimate of drug-likeness (QED) is 0.851. The summed E-state index contributed by atoms with van der Waals surface area (Å²) in [5.74, 6) is 0.275. The van der Waals surface area contributed by atoms with Gasteiger partial charge in [0.05, 0.1) is 5.51 Å². The van der Waals surface area contributed by atoms with Crippen molar-refractivity contribution < 1.29 is 4.79 Å². The topological polar surface area (TPSA) is 56.0 Å². The van der Waals surface area contributed by atoms with Gasteiger partial charge in [0.25, 0.3) is 0 Å². The lowest BCUT2D eigenvalue weighted by molar-refractivity contribution is -0.127. The Morgan fingerprint density at radius 1 is 1.80 bits per heavy atom. The molecule has 0 radical (unpaired) electrons. The Morgan fingerprint density at radius 3 is 3.13 bits per heavy atom. The molecule has 1 aliphatic rings. The third-order valence-corrected chi connectivity index (χ3v) is 4.26. The number of carbonyl (C=O) groups is 1. The Balaban J connectivity index is 2.07. The maximum absolute atomic E-state index is 12.1. The van der Waals surface area contributed by atoms with E-state index in [0.29, 0.717) is 6.42 Å². The molecule has 1 heterocycles. The number of hydrogen-bond acceptors (Lipinski definition) is 4. The molecule has 0 aliphatic heterocycles. The molecule has 2 unspecified atom stereocenters. The summed E-state index contributed by atoms with van der Waals surface area (Å²) in [4.78, 5) is 17.2. The molecule has 2 rings (SSSR count). The van der Waals surface area contributed by atoms with Crippen LogP contribution in [0.25, 0.3) is 0 Å². The lowest BCUT2D eigenvalue weighted by Crippen LogP contribution is -2.41. The van der Waals surface area contributed by atoms with E-state index in [4.69, 9.17) is 5.73 Å². The summed E-state index contributed by atoms with van der Waals surface area (Å²) >= 11 is 1.54. The number of hydrogen-bond donors (Lipinski definition) is 1. The molecule has 0 spiro atoms. The van der Waals surface area contributed by atoms with Gasteiger partial charge < -0.3 is 5.73 Å². The first kappa shape index (κ1) is 10.8. The van der Waals surface area contributed by atoms with Crippen LogP contribution in [0.15, 0.2) is 11.7 Å². The van der Waals surface area contributed by atoms with Crippen LogP contribution in [0.3, 0.4) is 0 Å². The van der Waals surface area contributed by atoms with Crippen molar-refractivity contribution in [3.8, 4) is 0 Å². The highest BCUT2D eigenvalue weighted by molar-refractivity contribution is 7.09. The van der Waals surface area contributed by atoms with Gasteiger partial charge in [-0.3, -0.25) is 9.78 Å². The second kappa shape index (κ2) is 4.02. The normalized spacial score (nSPS) is 30.7. The van der Waals surface area contributed by atoms with Crippen LogP contribution >= 0.6 is 11.3 Å². The summed E-state index contributed by atoms with van der Waals surface area (Å²) in [6.45, 7) is 2.01. The Labute approximate surface area is 93.7 Å². The summed E-state index contributed by atoms with van der Waals surface area (Å²) in [6, 6.07) is 0.0397. The monoisotopic (exact) mass is 224 g/mol. The molecule has 1 aliphatic carbocycles. The Kier molecular flexibility index (Phi) is 2.89. The molecular formula is C11H16N2OS. The van der Waals surface area contributed by atoms with Crippen LogP contribution in [-0.2, 0) is 11.2 Å². The maximum atomic E-state index is 12.1. The van der Waals surface area contributed by atoms with Gasteiger partial charge in [0, 0.05) is 29.0 Å². The van der Waals surface area contributed by atoms with E-state index in [1.165, 1.54) is 11.3 Å². The number of nitrogens with two attached hydrogens (primary N) is 1. The highest BCUT2D eigenvalue weighted by atomic mass is 32.1. The molecule has 0 amide bonds. The first-order chi connectivity index (χ1) is 7.13. The molecule has 0 bridgehead atoms. The summed E-state index contributed by atoms with van der Waals surface area (Å²) in [6.07, 6.45) is 5.25. The van der Waals surface area contributed by atoms with E-state index in [2.05, 4.69) is 4.98 Å². The molecule has 3 nitrogen and oxygen atoms in total. The van der Waals surface area contributed by atoms with Crippen molar-refractivity contribution in [3.05, 3.63) is 16.6 Å². The molecule has 15 heavy (non-hydrogen) atoms. The second-order valence-corrected chi connectivity index (χ2v) is 5.45. The number of aromatic nitrogens is 1. The number of carbonyl (C=O) groups excluding carboxylic acids is 1. The number of ketones is 1. The van der Waals surface area contributed by atoms with Crippen LogP contribution in [0.5, 0.6) is 0 Å². The predicted octanol–water partition coefficient (Wildman–Crippen LogP) is 1.77. The lowest BCUT2D eigenvalue weighted by atomic mass is 9.79. The molecule has 2 N–H and O–H groups in total. The average molecular weight is 224 g/mol. The predicted molar refractivity (Wildman–Crippen MR) is 60.8 cm³/mol. The van der Waals surface area contributed by atoms with E-state index in [1.54, 1.807) is 11.7 Å². The van der Waals surface area contributed by atoms with Gasteiger partial charge >= 0.3 is 0 Å². The van der Waals surface area contributed by atoms with Gasteiger partial charge in [-0.15, -0.1) is 11.3 Å². The Morgan fingerprint density at radius 2 is 2.60 bits per heavy atom. The third kappa shape index (κ3) is 1.96. The molecule has 0 aromatic carbocycles. The lowest BCUT2D eigenvalue weighted by Gasteiger charge is -2.26. The van der Waals surface area contributed by atoms with Crippen molar-refractivity contribution in [2.24, 2.45) is 11.1 Å². The van der Waals surface area contributed by atoms with Crippen molar-refractivity contribution >= 4 is 17.1 Å². The molecule has 1 fully saturated rings. The number of rotatable bonds is 3. The zero-order chi connectivity index (χ0) is 10.9. The first-order valence-corrected chi connectivity index (χ1v) is 6.17. The fourth-order valence-electron chi connectivity index (χ4n) is 2.23. The van der Waals surface area contributed by atoms with E-state index in [-0.39, 0.29) is 17.2 Å². The number of nitrogens with zero attached hydrogens (tertiary/aromatic N) is 1. The summed E-state index contributed by atoms with van der Waals surface area (Å²) in [5.41, 5.74) is 7.47. The van der Waals surface area contributed by atoms with Crippen LogP contribution in [0, 0.1) is 5.41 Å². The fourth-order valence-corrected chi connectivity index (χ4v) is 2.82. The van der Waals surface area contributed by atoms with Gasteiger partial charge in [0.1, 0.15) is 5.78 Å². The average Bonchev–Trinajstić information content (AvgIpc) is 2.79. The smallest absolute Gasteiger partial charge is 0.145 e. The zero-order valence-corrected chi connectivity index (χ0v) is 9.72. The van der Waals surface area contributed by atoms with Gasteiger partial charge in [0.15, 0.2) is 0 Å². The second-order valence-electron chi connectivity index (χ2n) is 4.48. The maximum Gasteiger partial charge on any atom is 0.145 e. The largest absolute Gasteiger partial charge is 0.327 e. The summed E-state index contributed by atoms with van der Waals surface area (Å²) in [5, 5.41) is 0. The van der Waals surface area contributed by atoms with Gasteiger partial charge in [-0.25, -0.2) is 0 Å². The molecule has 4 heteroatoms. The number of thiazole rings is 1. The van der Waals surface area contributed by atoms with Crippen LogP contribution < -0.4 is 5.73 Å². The minimum Gasteiger partial charge on any atom is -0.327 e. The van der Waals surface area contributed by atoms with Crippen molar-refractivity contribution in [1.29, 1.82) is 0 Å². The van der Waals surface area contributed by atoms with E-state index >= 15 is 0 Å². The van der Waals surface area contributed by atoms with Crippen LogP contribution in [-0.4, -0.2) is 16.8 Å². The van der Waals surface area contributed by atoms with Crippen molar-refractivity contribution in [3.63, 3.8) is 0 Å². The van der Waals surface area contributed by atoms with Crippen LogP contribution in [0.1, 0.15) is 31.1 Å². The molecule has 1 aromatic rings. The highest BCUT2D eigenvalue weighted by Gasteiger charge is 2.42. The molecule has 0 saturated heterocycles. The molecular weight excluding hydrogens is 208 g/mol. The van der Waals surface area contributed by atoms with E-state index in [1.807, 2.05) is 6.92 Å². The third-order valence-electron chi connectivity index (χ3n) is 3.48. The summed E-state index contributed by atoms with van der Waals surface area (Å²) < 4.78 is 0. The minimum absolute atomic E-state index is 0.0397. The standard InChI is InChI=1S/C11H16N2OS/c1-11(4-2-3-9(11)12)10(14)5-8-6-13-7-15-8/h6-7,9H,2-5,12H2,1H3. The molecule has 2 atom stereocenters. The van der Waals surface area contributed by atoms with Gasteiger partial charge in [-0.1, -0.05) is 13.3 Å². The fraction of sp³-hybridized carbons (Fsp3) is 0.636. The van der Waals surface area contributed by atoms with E-state index < -0.39 is 0 Å². The van der Waals surface area contributed by atoms with Crippen molar-refractivity contribution in [1.82, 2.24) is 4.98 Å². The van der Waals surface area contributed by atoms with Crippen LogP contribution in [0.4, 0.5) is 0 Å². The Hall–Kier alpha value is -0.740. The molecule has 1 aromatic heterocycles. The van der Waals surface area contributed by atoms with Gasteiger partial charge in [0.2, 0.25) is 0 Å². The van der Waals surface area contributed by atoms with Crippen molar-refractivity contribution in [2.75, 3.05) is 0 Å². The van der Waals surface area contributed by atoms with Gasteiger partial charge in [-0.2, -0.15) is 0 Å². The Bertz CT molecular complexity index is 349. The zero-order valence-electron chi connectivity index (χ0n) is 8.90. The first-order valence-electron chi connectivity index (χ1n) is 5.29. The number of Topliss-reactive ketones (excluding diaryl/α,β-unsaturated/α-hetero) is 1. The highest BCUT2D eigenvalue weighted by Crippen LogP contribution is 2.38.